The van der Waals surface area contributed by atoms with Crippen LogP contribution in [0.25, 0.3) is 0 Å². The zero-order valence-electron chi connectivity index (χ0n) is 15.3. The van der Waals surface area contributed by atoms with E-state index in [0.29, 0.717) is 6.42 Å². The van der Waals surface area contributed by atoms with Crippen molar-refractivity contribution in [3.05, 3.63) is 57.8 Å². The van der Waals surface area contributed by atoms with E-state index in [4.69, 9.17) is 0 Å². The molecule has 4 rings (SSSR count). The number of hydrogen-bond acceptors (Lipinski definition) is 5. The van der Waals surface area contributed by atoms with Crippen molar-refractivity contribution in [3.63, 3.8) is 0 Å². The molecule has 0 bridgehead atoms. The highest BCUT2D eigenvalue weighted by molar-refractivity contribution is 7.91. The molecule has 2 unspecified atom stereocenters. The van der Waals surface area contributed by atoms with Crippen molar-refractivity contribution in [3.8, 4) is 0 Å². The van der Waals surface area contributed by atoms with Crippen molar-refractivity contribution in [1.29, 1.82) is 0 Å². The smallest absolute Gasteiger partial charge is 0.234 e. The number of sulfone groups is 1. The van der Waals surface area contributed by atoms with Gasteiger partial charge in [-0.15, -0.1) is 11.3 Å². The number of benzene rings is 1. The van der Waals surface area contributed by atoms with Crippen LogP contribution in [0.4, 0.5) is 0 Å². The third-order valence-electron chi connectivity index (χ3n) is 5.47. The van der Waals surface area contributed by atoms with Gasteiger partial charge < -0.3 is 5.32 Å². The molecule has 2 aromatic rings. The monoisotopic (exact) mass is 404 g/mol. The maximum absolute atomic E-state index is 12.8. The van der Waals surface area contributed by atoms with Gasteiger partial charge >= 0.3 is 0 Å². The summed E-state index contributed by atoms with van der Waals surface area (Å²) in [5, 5.41) is 5.11. The summed E-state index contributed by atoms with van der Waals surface area (Å²) < 4.78 is 23.6. The van der Waals surface area contributed by atoms with Crippen molar-refractivity contribution in [2.24, 2.45) is 0 Å². The molecule has 1 N–H and O–H groups in total. The Kier molecular flexibility index (Phi) is 4.86. The number of carbonyl (C=O) groups excluding carboxylic acids is 1. The lowest BCUT2D eigenvalue weighted by molar-refractivity contribution is -0.124. The topological polar surface area (TPSA) is 66.5 Å². The quantitative estimate of drug-likeness (QED) is 0.850. The van der Waals surface area contributed by atoms with Crippen molar-refractivity contribution in [1.82, 2.24) is 10.2 Å². The molecule has 27 heavy (non-hydrogen) atoms. The average Bonchev–Trinajstić information content (AvgIpc) is 3.19. The van der Waals surface area contributed by atoms with E-state index in [-0.39, 0.29) is 30.0 Å². The van der Waals surface area contributed by atoms with E-state index in [0.717, 1.165) is 13.0 Å². The Morgan fingerprint density at radius 2 is 2.07 bits per heavy atom. The van der Waals surface area contributed by atoms with Crippen molar-refractivity contribution >= 4 is 27.1 Å². The van der Waals surface area contributed by atoms with Crippen molar-refractivity contribution in [2.75, 3.05) is 24.6 Å². The first-order chi connectivity index (χ1) is 12.9. The minimum Gasteiger partial charge on any atom is -0.349 e. The molecule has 0 saturated carbocycles. The van der Waals surface area contributed by atoms with Gasteiger partial charge in [0.2, 0.25) is 5.91 Å². The van der Waals surface area contributed by atoms with Crippen LogP contribution in [0.5, 0.6) is 0 Å². The zero-order chi connectivity index (χ0) is 19.1. The van der Waals surface area contributed by atoms with Gasteiger partial charge in [-0.2, -0.15) is 0 Å². The molecule has 1 amide bonds. The highest BCUT2D eigenvalue weighted by Gasteiger charge is 2.40. The molecule has 144 valence electrons. The first kappa shape index (κ1) is 18.7. The van der Waals surface area contributed by atoms with Crippen LogP contribution in [-0.4, -0.2) is 49.4 Å². The van der Waals surface area contributed by atoms with E-state index in [1.807, 2.05) is 25.1 Å². The summed E-state index contributed by atoms with van der Waals surface area (Å²) in [6.45, 7) is 2.91. The van der Waals surface area contributed by atoms with Crippen molar-refractivity contribution in [2.45, 2.75) is 31.3 Å². The van der Waals surface area contributed by atoms with Crippen LogP contribution in [0.3, 0.4) is 0 Å². The number of hydrogen-bond donors (Lipinski definition) is 1. The van der Waals surface area contributed by atoms with Crippen LogP contribution in [-0.2, 0) is 21.1 Å². The van der Waals surface area contributed by atoms with Gasteiger partial charge in [-0.05, 0) is 42.3 Å². The summed E-state index contributed by atoms with van der Waals surface area (Å²) in [7, 11) is -3.05. The second kappa shape index (κ2) is 7.04. The number of amides is 1. The number of thiophene rings is 1. The molecule has 2 atom stereocenters. The fourth-order valence-corrected chi connectivity index (χ4v) is 7.23. The average molecular weight is 405 g/mol. The predicted octanol–water partition coefficient (Wildman–Crippen LogP) is 2.39. The number of nitrogens with zero attached hydrogens (tertiary/aromatic N) is 1. The minimum absolute atomic E-state index is 0.0303. The summed E-state index contributed by atoms with van der Waals surface area (Å²) in [4.78, 5) is 16.4. The molecule has 0 spiro atoms. The Hall–Kier alpha value is -1.70. The molecule has 3 heterocycles. The largest absolute Gasteiger partial charge is 0.349 e. The van der Waals surface area contributed by atoms with Crippen LogP contribution < -0.4 is 5.32 Å². The van der Waals surface area contributed by atoms with Gasteiger partial charge in [-0.3, -0.25) is 9.69 Å². The molecule has 5 nitrogen and oxygen atoms in total. The molecule has 7 heteroatoms. The van der Waals surface area contributed by atoms with Gasteiger partial charge in [0.05, 0.1) is 29.6 Å². The van der Waals surface area contributed by atoms with E-state index >= 15 is 0 Å². The van der Waals surface area contributed by atoms with Crippen LogP contribution in [0.15, 0.2) is 41.8 Å². The fourth-order valence-electron chi connectivity index (χ4n) is 4.23. The zero-order valence-corrected chi connectivity index (χ0v) is 17.0. The molecule has 1 saturated heterocycles. The highest BCUT2D eigenvalue weighted by Crippen LogP contribution is 2.37. The van der Waals surface area contributed by atoms with Crippen LogP contribution >= 0.6 is 11.3 Å². The van der Waals surface area contributed by atoms with E-state index in [1.54, 1.807) is 11.3 Å². The summed E-state index contributed by atoms with van der Waals surface area (Å²) in [6, 6.07) is 12.5. The minimum atomic E-state index is -3.05. The van der Waals surface area contributed by atoms with Crippen molar-refractivity contribution < 1.29 is 13.2 Å². The number of rotatable bonds is 4. The molecule has 1 aromatic carbocycles. The maximum Gasteiger partial charge on any atom is 0.234 e. The van der Waals surface area contributed by atoms with Gasteiger partial charge in [0.1, 0.15) is 0 Å². The Labute approximate surface area is 164 Å². The summed E-state index contributed by atoms with van der Waals surface area (Å²) in [5.41, 5.74) is 1.81. The Morgan fingerprint density at radius 3 is 2.78 bits per heavy atom. The normalized spacial score (nSPS) is 27.2. The lowest BCUT2D eigenvalue weighted by atomic mass is 9.93. The van der Waals surface area contributed by atoms with E-state index in [1.165, 1.54) is 16.0 Å². The van der Waals surface area contributed by atoms with E-state index in [2.05, 4.69) is 33.8 Å². The summed E-state index contributed by atoms with van der Waals surface area (Å²) >= 11 is 1.78. The SMILES string of the molecule is CC1(NC(=O)CN2CCc3sccc3C2c2ccccc2)CCS(=O)(=O)C1. The standard InChI is InChI=1S/C20H24N2O3S2/c1-20(9-12-27(24,25)14-20)21-18(23)13-22-10-7-17-16(8-11-26-17)19(22)15-5-3-2-4-6-15/h2-6,8,11,19H,7,9-10,12-14H2,1H3,(H,21,23). The van der Waals surface area contributed by atoms with Crippen LogP contribution in [0.1, 0.15) is 35.4 Å². The molecule has 2 aliphatic heterocycles. The second-order valence-electron chi connectivity index (χ2n) is 7.78. The lowest BCUT2D eigenvalue weighted by Crippen LogP contribution is -2.51. The van der Waals surface area contributed by atoms with E-state index < -0.39 is 15.4 Å². The second-order valence-corrected chi connectivity index (χ2v) is 11.0. The van der Waals surface area contributed by atoms with Gasteiger partial charge in [-0.1, -0.05) is 30.3 Å². The van der Waals surface area contributed by atoms with Crippen LogP contribution in [0.2, 0.25) is 0 Å². The third kappa shape index (κ3) is 3.95. The van der Waals surface area contributed by atoms with Gasteiger partial charge in [0, 0.05) is 11.4 Å². The summed E-state index contributed by atoms with van der Waals surface area (Å²) in [6.07, 6.45) is 1.42. The molecule has 1 fully saturated rings. The Bertz CT molecular complexity index is 939. The van der Waals surface area contributed by atoms with Gasteiger partial charge in [0.15, 0.2) is 9.84 Å². The molecule has 0 radical (unpaired) electrons. The predicted molar refractivity (Wildman–Crippen MR) is 108 cm³/mol. The molecule has 2 aliphatic rings. The first-order valence-corrected chi connectivity index (χ1v) is 11.9. The van der Waals surface area contributed by atoms with Gasteiger partial charge in [0.25, 0.3) is 0 Å². The van der Waals surface area contributed by atoms with E-state index in [9.17, 15) is 13.2 Å². The molecule has 0 aliphatic carbocycles. The first-order valence-electron chi connectivity index (χ1n) is 9.22. The fraction of sp³-hybridized carbons (Fsp3) is 0.450. The van der Waals surface area contributed by atoms with Crippen LogP contribution in [0, 0.1) is 0 Å². The molecule has 1 aromatic heterocycles. The highest BCUT2D eigenvalue weighted by atomic mass is 32.2. The lowest BCUT2D eigenvalue weighted by Gasteiger charge is -2.36. The third-order valence-corrected chi connectivity index (χ3v) is 8.37. The molecular weight excluding hydrogens is 380 g/mol. The Morgan fingerprint density at radius 1 is 1.30 bits per heavy atom. The number of carbonyl (C=O) groups is 1. The number of fused-ring (bicyclic) bond motifs is 1. The summed E-state index contributed by atoms with van der Waals surface area (Å²) in [5.74, 6) is 0.0789. The Balaban J connectivity index is 1.53. The molecular formula is C20H24N2O3S2. The van der Waals surface area contributed by atoms with Gasteiger partial charge in [-0.25, -0.2) is 8.42 Å². The number of nitrogens with one attached hydrogen (secondary N) is 1. The maximum atomic E-state index is 12.8.